The number of carboxylic acid groups (broad SMARTS) is 1. The van der Waals surface area contributed by atoms with Crippen LogP contribution in [0.4, 0.5) is 23.5 Å². The number of alkyl halides is 3. The summed E-state index contributed by atoms with van der Waals surface area (Å²) in [6.07, 6.45) is -1.04. The van der Waals surface area contributed by atoms with Crippen LogP contribution >= 0.6 is 0 Å². The van der Waals surface area contributed by atoms with Crippen LogP contribution in [0.5, 0.6) is 0 Å². The van der Waals surface area contributed by atoms with Crippen molar-refractivity contribution in [2.45, 2.75) is 38.1 Å². The van der Waals surface area contributed by atoms with E-state index in [-0.39, 0.29) is 18.1 Å². The van der Waals surface area contributed by atoms with E-state index in [0.29, 0.717) is 19.1 Å². The molecule has 0 spiro atoms. The molecule has 12 heteroatoms. The lowest BCUT2D eigenvalue weighted by molar-refractivity contribution is -0.192. The van der Waals surface area contributed by atoms with Crippen LogP contribution in [0.3, 0.4) is 0 Å². The van der Waals surface area contributed by atoms with E-state index in [1.54, 1.807) is 6.92 Å². The summed E-state index contributed by atoms with van der Waals surface area (Å²) in [5, 5.41) is 7.12. The molecule has 2 aliphatic rings. The molecule has 1 aromatic rings. The highest BCUT2D eigenvalue weighted by Gasteiger charge is 2.38. The van der Waals surface area contributed by atoms with E-state index in [4.69, 9.17) is 14.6 Å². The minimum Gasteiger partial charge on any atom is -0.475 e. The van der Waals surface area contributed by atoms with Gasteiger partial charge in [-0.15, -0.1) is 0 Å². The average Bonchev–Trinajstić information content (AvgIpc) is 2.84. The van der Waals surface area contributed by atoms with Crippen LogP contribution in [0, 0.1) is 5.82 Å². The van der Waals surface area contributed by atoms with Crippen molar-refractivity contribution < 1.29 is 37.0 Å². The minimum absolute atomic E-state index is 0.0631. The van der Waals surface area contributed by atoms with Crippen molar-refractivity contribution in [1.82, 2.24) is 14.9 Å². The van der Waals surface area contributed by atoms with Crippen LogP contribution in [0.15, 0.2) is 12.4 Å². The lowest BCUT2D eigenvalue weighted by Crippen LogP contribution is -2.52. The fraction of sp³-hybridized carbons (Fsp3) is 0.625. The molecule has 0 radical (unpaired) electrons. The molecule has 1 amide bonds. The number of carboxylic acids is 1. The van der Waals surface area contributed by atoms with Gasteiger partial charge in [-0.25, -0.2) is 19.2 Å². The highest BCUT2D eigenvalue weighted by molar-refractivity contribution is 5.74. The van der Waals surface area contributed by atoms with Crippen molar-refractivity contribution >= 4 is 17.8 Å². The zero-order valence-corrected chi connectivity index (χ0v) is 15.0. The number of aliphatic carboxylic acids is 1. The Labute approximate surface area is 158 Å². The van der Waals surface area contributed by atoms with Crippen LogP contribution in [0.1, 0.15) is 19.8 Å². The van der Waals surface area contributed by atoms with Crippen molar-refractivity contribution in [2.24, 2.45) is 0 Å². The third kappa shape index (κ3) is 5.75. The Balaban J connectivity index is 0.000000345. The summed E-state index contributed by atoms with van der Waals surface area (Å²) in [6, 6.07) is 0.113. The minimum atomic E-state index is -5.08. The van der Waals surface area contributed by atoms with E-state index in [0.717, 1.165) is 25.9 Å². The second-order valence-corrected chi connectivity index (χ2v) is 6.26. The summed E-state index contributed by atoms with van der Waals surface area (Å²) in [5.41, 5.74) is 0. The lowest BCUT2D eigenvalue weighted by atomic mass is 10.0. The number of carbonyl (C=O) groups is 2. The number of ether oxygens (including phenoxy) is 1. The molecule has 0 unspecified atom stereocenters. The molecule has 2 aliphatic heterocycles. The van der Waals surface area contributed by atoms with Crippen LogP contribution in [0.25, 0.3) is 0 Å². The van der Waals surface area contributed by atoms with E-state index >= 15 is 0 Å². The summed E-state index contributed by atoms with van der Waals surface area (Å²) < 4.78 is 50.5. The smallest absolute Gasteiger partial charge is 0.475 e. The quantitative estimate of drug-likeness (QED) is 0.703. The van der Waals surface area contributed by atoms with Crippen molar-refractivity contribution in [3.05, 3.63) is 18.2 Å². The Morgan fingerprint density at radius 2 is 1.75 bits per heavy atom. The Hall–Kier alpha value is -2.50. The molecule has 2 saturated heterocycles. The Bertz CT molecular complexity index is 686. The van der Waals surface area contributed by atoms with E-state index in [2.05, 4.69) is 9.97 Å². The molecule has 2 atom stereocenters. The molecule has 0 bridgehead atoms. The van der Waals surface area contributed by atoms with Gasteiger partial charge in [-0.1, -0.05) is 0 Å². The molecule has 0 aromatic carbocycles. The van der Waals surface area contributed by atoms with Gasteiger partial charge in [0, 0.05) is 26.6 Å². The molecule has 1 aromatic heterocycles. The van der Waals surface area contributed by atoms with Gasteiger partial charge >= 0.3 is 12.1 Å². The van der Waals surface area contributed by atoms with E-state index in [1.807, 2.05) is 9.80 Å². The number of morpholine rings is 1. The van der Waals surface area contributed by atoms with Gasteiger partial charge in [-0.3, -0.25) is 4.79 Å². The molecular formula is C16H20F4N4O4. The summed E-state index contributed by atoms with van der Waals surface area (Å²) in [6.45, 7) is 4.34. The van der Waals surface area contributed by atoms with Crippen molar-refractivity contribution in [1.29, 1.82) is 0 Å². The van der Waals surface area contributed by atoms with Crippen molar-refractivity contribution in [3.8, 4) is 0 Å². The Kier molecular flexibility index (Phi) is 7.11. The van der Waals surface area contributed by atoms with Gasteiger partial charge in [0.15, 0.2) is 5.82 Å². The van der Waals surface area contributed by atoms with E-state index in [1.165, 1.54) is 12.4 Å². The van der Waals surface area contributed by atoms with Crippen LogP contribution in [0.2, 0.25) is 0 Å². The second-order valence-electron chi connectivity index (χ2n) is 6.26. The van der Waals surface area contributed by atoms with Crippen LogP contribution in [-0.4, -0.2) is 76.4 Å². The van der Waals surface area contributed by atoms with E-state index < -0.39 is 18.0 Å². The predicted molar refractivity (Wildman–Crippen MR) is 88.0 cm³/mol. The monoisotopic (exact) mass is 408 g/mol. The maximum atomic E-state index is 12.9. The number of anilines is 1. The number of aromatic nitrogens is 2. The summed E-state index contributed by atoms with van der Waals surface area (Å²) >= 11 is 0. The molecule has 28 heavy (non-hydrogen) atoms. The zero-order chi connectivity index (χ0) is 20.9. The van der Waals surface area contributed by atoms with E-state index in [9.17, 15) is 22.4 Å². The first kappa shape index (κ1) is 21.8. The van der Waals surface area contributed by atoms with Gasteiger partial charge in [0.25, 0.3) is 0 Å². The number of amides is 1. The number of hydrogen-bond donors (Lipinski definition) is 1. The SMILES string of the molecule is CC(=O)N1CCO[C@@H]2CCN(c3ncc(F)cn3)CC[C@H]21.O=C(O)C(F)(F)F. The Morgan fingerprint density at radius 3 is 2.29 bits per heavy atom. The maximum Gasteiger partial charge on any atom is 0.490 e. The fourth-order valence-corrected chi connectivity index (χ4v) is 3.14. The molecule has 2 fully saturated rings. The third-order valence-electron chi connectivity index (χ3n) is 4.41. The topological polar surface area (TPSA) is 95.9 Å². The van der Waals surface area contributed by atoms with Gasteiger partial charge in [0.1, 0.15) is 0 Å². The summed E-state index contributed by atoms with van der Waals surface area (Å²) in [4.78, 5) is 32.6. The van der Waals surface area contributed by atoms with Crippen LogP contribution < -0.4 is 4.90 Å². The van der Waals surface area contributed by atoms with Gasteiger partial charge in [-0.05, 0) is 12.8 Å². The number of nitrogens with zero attached hydrogens (tertiary/aromatic N) is 4. The normalized spacial score (nSPS) is 22.5. The second kappa shape index (κ2) is 9.13. The standard InChI is InChI=1S/C14H19FN4O2.C2HF3O2/c1-10(20)19-6-7-21-13-3-5-18(4-2-12(13)19)14-16-8-11(15)9-17-14;3-2(4,5)1(6)7/h8-9,12-13H,2-7H2,1H3;(H,6,7)/t12-,13-;/m1./s1. The Morgan fingerprint density at radius 1 is 1.18 bits per heavy atom. The average molecular weight is 408 g/mol. The molecule has 8 nitrogen and oxygen atoms in total. The number of rotatable bonds is 1. The van der Waals surface area contributed by atoms with Crippen LogP contribution in [-0.2, 0) is 14.3 Å². The largest absolute Gasteiger partial charge is 0.490 e. The molecule has 0 aliphatic carbocycles. The highest BCUT2D eigenvalue weighted by Crippen LogP contribution is 2.25. The van der Waals surface area contributed by atoms with Gasteiger partial charge < -0.3 is 19.6 Å². The molecule has 3 rings (SSSR count). The fourth-order valence-electron chi connectivity index (χ4n) is 3.14. The zero-order valence-electron chi connectivity index (χ0n) is 15.0. The summed E-state index contributed by atoms with van der Waals surface area (Å²) in [5.74, 6) is -2.56. The molecule has 156 valence electrons. The third-order valence-corrected chi connectivity index (χ3v) is 4.41. The lowest BCUT2D eigenvalue weighted by Gasteiger charge is -2.39. The molecule has 0 saturated carbocycles. The van der Waals surface area contributed by atoms with Gasteiger partial charge in [0.2, 0.25) is 11.9 Å². The first-order chi connectivity index (χ1) is 13.1. The highest BCUT2D eigenvalue weighted by atomic mass is 19.4. The number of halogens is 4. The van der Waals surface area contributed by atoms with Gasteiger partial charge in [0.05, 0.1) is 31.1 Å². The molecule has 1 N–H and O–H groups in total. The first-order valence-corrected chi connectivity index (χ1v) is 8.51. The summed E-state index contributed by atoms with van der Waals surface area (Å²) in [7, 11) is 0. The first-order valence-electron chi connectivity index (χ1n) is 8.51. The van der Waals surface area contributed by atoms with Crippen molar-refractivity contribution in [3.63, 3.8) is 0 Å². The number of fused-ring (bicyclic) bond motifs is 1. The maximum absolute atomic E-state index is 12.9. The van der Waals surface area contributed by atoms with Gasteiger partial charge in [-0.2, -0.15) is 13.2 Å². The van der Waals surface area contributed by atoms with Crippen molar-refractivity contribution in [2.75, 3.05) is 31.1 Å². The predicted octanol–water partition coefficient (Wildman–Crippen LogP) is 1.47. The number of carbonyl (C=O) groups excluding carboxylic acids is 1. The molecule has 3 heterocycles. The molecular weight excluding hydrogens is 388 g/mol. The number of hydrogen-bond acceptors (Lipinski definition) is 6.